The summed E-state index contributed by atoms with van der Waals surface area (Å²) in [6, 6.07) is 5.79. The van der Waals surface area contributed by atoms with Crippen molar-refractivity contribution in [2.45, 2.75) is 58.7 Å². The first-order valence-corrected chi connectivity index (χ1v) is 9.43. The van der Waals surface area contributed by atoms with E-state index in [0.717, 1.165) is 17.5 Å². The fourth-order valence-electron chi connectivity index (χ4n) is 3.17. The number of aliphatic hydroxyl groups is 1. The number of allylic oxidation sites excluding steroid dienone is 2. The fourth-order valence-corrected chi connectivity index (χ4v) is 3.17. The minimum Gasteiger partial charge on any atom is -0.458 e. The third-order valence-corrected chi connectivity index (χ3v) is 4.81. The number of amides is 1. The van der Waals surface area contributed by atoms with Crippen LogP contribution in [-0.2, 0) is 16.0 Å². The summed E-state index contributed by atoms with van der Waals surface area (Å²) in [6.07, 6.45) is 8.58. The van der Waals surface area contributed by atoms with Gasteiger partial charge in [0.2, 0.25) is 5.91 Å². The zero-order chi connectivity index (χ0) is 19.8. The zero-order valence-corrected chi connectivity index (χ0v) is 16.3. The van der Waals surface area contributed by atoms with Crippen molar-refractivity contribution < 1.29 is 19.4 Å². The SMILES string of the molecule is CC(=O)N/C=C/C[C@H]1C[C@@H](O)[C@@H](C)C/C=C/Cc2cccc(C)c2C(=O)O1. The second-order valence-corrected chi connectivity index (χ2v) is 7.17. The fraction of sp³-hybridized carbons (Fsp3) is 0.455. The maximum Gasteiger partial charge on any atom is 0.338 e. The number of carbonyl (C=O) groups is 2. The Morgan fingerprint density at radius 1 is 1.37 bits per heavy atom. The summed E-state index contributed by atoms with van der Waals surface area (Å²) in [6.45, 7) is 5.32. The van der Waals surface area contributed by atoms with E-state index in [1.807, 2.05) is 38.1 Å². The number of hydrogen-bond donors (Lipinski definition) is 2. The summed E-state index contributed by atoms with van der Waals surface area (Å²) in [5.74, 6) is -0.458. The molecule has 27 heavy (non-hydrogen) atoms. The Labute approximate surface area is 161 Å². The molecule has 0 saturated carbocycles. The quantitative estimate of drug-likeness (QED) is 0.630. The summed E-state index contributed by atoms with van der Waals surface area (Å²) < 4.78 is 5.77. The summed E-state index contributed by atoms with van der Waals surface area (Å²) in [5, 5.41) is 13.1. The van der Waals surface area contributed by atoms with Gasteiger partial charge in [-0.1, -0.05) is 43.4 Å². The Morgan fingerprint density at radius 2 is 2.15 bits per heavy atom. The van der Waals surface area contributed by atoms with Crippen molar-refractivity contribution in [1.29, 1.82) is 0 Å². The van der Waals surface area contributed by atoms with Gasteiger partial charge in [-0.2, -0.15) is 0 Å². The molecule has 0 spiro atoms. The van der Waals surface area contributed by atoms with E-state index in [-0.39, 0.29) is 17.8 Å². The normalized spacial score (nSPS) is 25.0. The molecule has 1 aromatic carbocycles. The molecule has 2 rings (SSSR count). The van der Waals surface area contributed by atoms with Gasteiger partial charge >= 0.3 is 5.97 Å². The Kier molecular flexibility index (Phi) is 7.80. The number of aryl methyl sites for hydroxylation is 1. The van der Waals surface area contributed by atoms with E-state index in [0.29, 0.717) is 24.8 Å². The molecule has 0 aromatic heterocycles. The molecule has 5 heteroatoms. The summed E-state index contributed by atoms with van der Waals surface area (Å²) in [5.41, 5.74) is 2.42. The Balaban J connectivity index is 2.26. The number of esters is 1. The van der Waals surface area contributed by atoms with E-state index in [2.05, 4.69) is 11.4 Å². The van der Waals surface area contributed by atoms with Crippen molar-refractivity contribution in [3.05, 3.63) is 59.3 Å². The molecular weight excluding hydrogens is 342 g/mol. The van der Waals surface area contributed by atoms with Crippen LogP contribution < -0.4 is 5.32 Å². The predicted octanol–water partition coefficient (Wildman–Crippen LogP) is 3.45. The lowest BCUT2D eigenvalue weighted by Gasteiger charge is -2.24. The molecule has 0 unspecified atom stereocenters. The van der Waals surface area contributed by atoms with Crippen molar-refractivity contribution in [3.63, 3.8) is 0 Å². The number of benzene rings is 1. The van der Waals surface area contributed by atoms with Crippen LogP contribution in [0.15, 0.2) is 42.6 Å². The number of fused-ring (bicyclic) bond motifs is 1. The number of aliphatic hydroxyl groups excluding tert-OH is 1. The van der Waals surface area contributed by atoms with Crippen LogP contribution in [0, 0.1) is 12.8 Å². The number of ether oxygens (including phenoxy) is 1. The molecule has 0 aliphatic carbocycles. The van der Waals surface area contributed by atoms with Crippen LogP contribution in [-0.4, -0.2) is 29.2 Å². The molecule has 5 nitrogen and oxygen atoms in total. The van der Waals surface area contributed by atoms with Gasteiger partial charge in [0.25, 0.3) is 0 Å². The predicted molar refractivity (Wildman–Crippen MR) is 105 cm³/mol. The van der Waals surface area contributed by atoms with Crippen LogP contribution in [0.2, 0.25) is 0 Å². The van der Waals surface area contributed by atoms with E-state index in [1.54, 1.807) is 12.3 Å². The minimum atomic E-state index is -0.572. The highest BCUT2D eigenvalue weighted by molar-refractivity contribution is 5.93. The second-order valence-electron chi connectivity index (χ2n) is 7.17. The van der Waals surface area contributed by atoms with Crippen molar-refractivity contribution in [1.82, 2.24) is 5.32 Å². The van der Waals surface area contributed by atoms with Crippen LogP contribution in [0.5, 0.6) is 0 Å². The lowest BCUT2D eigenvalue weighted by molar-refractivity contribution is -0.118. The highest BCUT2D eigenvalue weighted by Crippen LogP contribution is 2.23. The molecule has 0 bridgehead atoms. The van der Waals surface area contributed by atoms with Crippen molar-refractivity contribution >= 4 is 11.9 Å². The number of nitrogens with one attached hydrogen (secondary N) is 1. The summed E-state index contributed by atoms with van der Waals surface area (Å²) in [7, 11) is 0. The maximum absolute atomic E-state index is 12.9. The van der Waals surface area contributed by atoms with E-state index in [4.69, 9.17) is 4.74 Å². The zero-order valence-electron chi connectivity index (χ0n) is 16.3. The highest BCUT2D eigenvalue weighted by Gasteiger charge is 2.24. The number of carbonyl (C=O) groups excluding carboxylic acids is 2. The minimum absolute atomic E-state index is 0.0678. The molecule has 1 aromatic rings. The van der Waals surface area contributed by atoms with Gasteiger partial charge < -0.3 is 15.2 Å². The van der Waals surface area contributed by atoms with Crippen LogP contribution in [0.3, 0.4) is 0 Å². The first-order chi connectivity index (χ1) is 12.9. The first-order valence-electron chi connectivity index (χ1n) is 9.43. The molecule has 1 aliphatic rings. The van der Waals surface area contributed by atoms with E-state index >= 15 is 0 Å². The number of hydrogen-bond acceptors (Lipinski definition) is 4. The van der Waals surface area contributed by atoms with Crippen LogP contribution in [0.4, 0.5) is 0 Å². The highest BCUT2D eigenvalue weighted by atomic mass is 16.5. The first kappa shape index (κ1) is 20.9. The molecule has 1 heterocycles. The van der Waals surface area contributed by atoms with E-state index in [9.17, 15) is 14.7 Å². The second kappa shape index (κ2) is 10.1. The van der Waals surface area contributed by atoms with Gasteiger partial charge in [0, 0.05) is 19.8 Å². The van der Waals surface area contributed by atoms with Crippen molar-refractivity contribution in [2.75, 3.05) is 0 Å². The molecule has 146 valence electrons. The van der Waals surface area contributed by atoms with Crippen molar-refractivity contribution in [3.8, 4) is 0 Å². The molecule has 2 N–H and O–H groups in total. The number of rotatable bonds is 3. The molecule has 0 saturated heterocycles. The number of cyclic esters (lactones) is 1. The van der Waals surface area contributed by atoms with Gasteiger partial charge in [-0.05, 0) is 43.0 Å². The summed E-state index contributed by atoms with van der Waals surface area (Å²) >= 11 is 0. The third kappa shape index (κ3) is 6.36. The largest absolute Gasteiger partial charge is 0.458 e. The monoisotopic (exact) mass is 371 g/mol. The maximum atomic E-state index is 12.9. The van der Waals surface area contributed by atoms with Gasteiger partial charge in [-0.15, -0.1) is 0 Å². The molecule has 0 fully saturated rings. The molecule has 0 radical (unpaired) electrons. The lowest BCUT2D eigenvalue weighted by Crippen LogP contribution is -2.28. The Bertz CT molecular complexity index is 723. The van der Waals surface area contributed by atoms with Gasteiger partial charge in [-0.3, -0.25) is 4.79 Å². The van der Waals surface area contributed by atoms with Crippen LogP contribution >= 0.6 is 0 Å². The van der Waals surface area contributed by atoms with E-state index < -0.39 is 12.2 Å². The Morgan fingerprint density at radius 3 is 2.89 bits per heavy atom. The van der Waals surface area contributed by atoms with Crippen molar-refractivity contribution in [2.24, 2.45) is 5.92 Å². The molecule has 3 atom stereocenters. The topological polar surface area (TPSA) is 75.6 Å². The lowest BCUT2D eigenvalue weighted by atomic mass is 9.93. The molecule has 1 amide bonds. The summed E-state index contributed by atoms with van der Waals surface area (Å²) in [4.78, 5) is 23.8. The van der Waals surface area contributed by atoms with Gasteiger partial charge in [0.05, 0.1) is 11.7 Å². The molecule has 1 aliphatic heterocycles. The van der Waals surface area contributed by atoms with Gasteiger partial charge in [-0.25, -0.2) is 4.79 Å². The molecular formula is C22H29NO4. The average Bonchev–Trinajstić information content (AvgIpc) is 2.60. The average molecular weight is 371 g/mol. The Hall–Kier alpha value is -2.40. The third-order valence-electron chi connectivity index (χ3n) is 4.81. The van der Waals surface area contributed by atoms with Gasteiger partial charge in [0.15, 0.2) is 0 Å². The van der Waals surface area contributed by atoms with Gasteiger partial charge in [0.1, 0.15) is 6.10 Å². The standard InChI is InChI=1S/C22H29NO4/c1-15-8-4-5-10-18-11-6-9-16(2)21(18)22(26)27-19(14-20(15)25)12-7-13-23-17(3)24/h4-7,9,11,13,15,19-20,25H,8,10,12,14H2,1-3H3,(H,23,24)/b5-4+,13-7+/t15-,19-,20+/m0/s1. The van der Waals surface area contributed by atoms with Crippen LogP contribution in [0.25, 0.3) is 0 Å². The van der Waals surface area contributed by atoms with Crippen LogP contribution in [0.1, 0.15) is 54.6 Å². The smallest absolute Gasteiger partial charge is 0.338 e. The van der Waals surface area contributed by atoms with E-state index in [1.165, 1.54) is 6.92 Å².